The van der Waals surface area contributed by atoms with Gasteiger partial charge in [-0.15, -0.1) is 0 Å². The zero-order chi connectivity index (χ0) is 54.8. The Kier molecular flexibility index (Phi) is 36.1. The second-order valence-electron chi connectivity index (χ2n) is 20.7. The van der Waals surface area contributed by atoms with Gasteiger partial charge in [0.25, 0.3) is 0 Å². The first kappa shape index (κ1) is 67.3. The number of carbonyl (C=O) groups is 1. The molecule has 3 heterocycles. The number of allylic oxidation sites excluding steroid dienone is 5. The lowest BCUT2D eigenvalue weighted by Crippen LogP contribution is -2.66. The minimum absolute atomic E-state index is 0.217. The molecule has 3 saturated heterocycles. The molecule has 3 rings (SSSR count). The summed E-state index contributed by atoms with van der Waals surface area (Å²) in [7, 11) is 0. The maximum atomic E-state index is 12.9. The number of nitrogens with one attached hydrogen (secondary N) is 1. The molecule has 75 heavy (non-hydrogen) atoms. The fraction of sp³-hybridized carbons (Fsp3) is 0.875. The average molecular weight is 1080 g/mol. The van der Waals surface area contributed by atoms with Crippen LogP contribution in [0.4, 0.5) is 0 Å². The van der Waals surface area contributed by atoms with Crippen molar-refractivity contribution in [1.82, 2.24) is 5.32 Å². The molecule has 17 atom stereocenters. The molecule has 3 fully saturated rings. The number of hydrogen-bond acceptors (Lipinski definition) is 18. The lowest BCUT2D eigenvalue weighted by atomic mass is 9.96. The van der Waals surface area contributed by atoms with Crippen molar-refractivity contribution >= 4 is 5.91 Å². The molecule has 0 spiro atoms. The highest BCUT2D eigenvalue weighted by molar-refractivity contribution is 5.76. The van der Waals surface area contributed by atoms with Gasteiger partial charge in [0.15, 0.2) is 18.9 Å². The Morgan fingerprint density at radius 2 is 0.853 bits per heavy atom. The Morgan fingerprint density at radius 1 is 0.467 bits per heavy atom. The number of aliphatic hydroxyl groups is 11. The van der Waals surface area contributed by atoms with Crippen LogP contribution in [-0.4, -0.2) is 193 Å². The van der Waals surface area contributed by atoms with E-state index in [9.17, 15) is 61.0 Å². The lowest BCUT2D eigenvalue weighted by Gasteiger charge is -2.48. The largest absolute Gasteiger partial charge is 0.394 e. The van der Waals surface area contributed by atoms with Gasteiger partial charge in [-0.1, -0.05) is 166 Å². The summed E-state index contributed by atoms with van der Waals surface area (Å²) in [6, 6.07) is -0.989. The number of carbonyl (C=O) groups excluding carboxylic acids is 1. The third kappa shape index (κ3) is 24.9. The molecule has 3 aliphatic heterocycles. The summed E-state index contributed by atoms with van der Waals surface area (Å²) in [5, 5.41) is 119. The zero-order valence-corrected chi connectivity index (χ0v) is 45.3. The van der Waals surface area contributed by atoms with E-state index in [1.54, 1.807) is 6.08 Å². The molecule has 0 saturated carbocycles. The fourth-order valence-electron chi connectivity index (χ4n) is 9.63. The van der Waals surface area contributed by atoms with Crippen molar-refractivity contribution in [2.75, 3.05) is 26.4 Å². The van der Waals surface area contributed by atoms with Gasteiger partial charge in [0.2, 0.25) is 5.91 Å². The van der Waals surface area contributed by atoms with Gasteiger partial charge >= 0.3 is 0 Å². The van der Waals surface area contributed by atoms with Crippen LogP contribution in [0.2, 0.25) is 0 Å². The van der Waals surface area contributed by atoms with Crippen molar-refractivity contribution in [3.63, 3.8) is 0 Å². The third-order valence-corrected chi connectivity index (χ3v) is 14.4. The minimum atomic E-state index is -1.98. The van der Waals surface area contributed by atoms with Crippen molar-refractivity contribution in [2.24, 2.45) is 0 Å². The predicted molar refractivity (Wildman–Crippen MR) is 282 cm³/mol. The van der Waals surface area contributed by atoms with Gasteiger partial charge in [0.1, 0.15) is 73.2 Å². The van der Waals surface area contributed by atoms with Crippen molar-refractivity contribution in [3.8, 4) is 0 Å². The smallest absolute Gasteiger partial charge is 0.220 e. The van der Waals surface area contributed by atoms with Gasteiger partial charge in [-0.05, 0) is 44.9 Å². The van der Waals surface area contributed by atoms with Crippen molar-refractivity contribution in [2.45, 2.75) is 285 Å². The van der Waals surface area contributed by atoms with Crippen LogP contribution in [-0.2, 0) is 33.2 Å². The highest BCUT2D eigenvalue weighted by atomic mass is 16.8. The summed E-state index contributed by atoms with van der Waals surface area (Å²) >= 11 is 0. The maximum Gasteiger partial charge on any atom is 0.220 e. The Labute approximate surface area is 447 Å². The molecule has 0 aromatic carbocycles. The second-order valence-corrected chi connectivity index (χ2v) is 20.7. The number of hydrogen-bond donors (Lipinski definition) is 12. The van der Waals surface area contributed by atoms with E-state index >= 15 is 0 Å². The number of amides is 1. The molecule has 0 aliphatic carbocycles. The Balaban J connectivity index is 1.39. The molecular formula is C56H101NO18. The van der Waals surface area contributed by atoms with Crippen LogP contribution in [0.25, 0.3) is 0 Å². The van der Waals surface area contributed by atoms with E-state index in [0.29, 0.717) is 12.8 Å². The number of unbranched alkanes of at least 4 members (excludes halogenated alkanes) is 21. The summed E-state index contributed by atoms with van der Waals surface area (Å²) in [6.07, 6.45) is 15.7. The van der Waals surface area contributed by atoms with Crippen LogP contribution in [0.1, 0.15) is 181 Å². The number of aliphatic hydroxyl groups excluding tert-OH is 11. The first-order chi connectivity index (χ1) is 36.3. The molecule has 12 N–H and O–H groups in total. The third-order valence-electron chi connectivity index (χ3n) is 14.4. The first-order valence-corrected chi connectivity index (χ1v) is 28.7. The molecule has 0 aromatic heterocycles. The van der Waals surface area contributed by atoms with Crippen LogP contribution in [0.15, 0.2) is 36.5 Å². The summed E-state index contributed by atoms with van der Waals surface area (Å²) in [5.41, 5.74) is 0. The van der Waals surface area contributed by atoms with Crippen LogP contribution in [0.5, 0.6) is 0 Å². The monoisotopic (exact) mass is 1080 g/mol. The topological polar surface area (TPSA) is 307 Å². The Hall–Kier alpha value is -1.99. The highest BCUT2D eigenvalue weighted by Gasteiger charge is 2.53. The number of rotatable bonds is 41. The summed E-state index contributed by atoms with van der Waals surface area (Å²) in [5.74, 6) is -0.316. The van der Waals surface area contributed by atoms with Crippen molar-refractivity contribution < 1.29 is 89.4 Å². The Morgan fingerprint density at radius 3 is 1.33 bits per heavy atom. The first-order valence-electron chi connectivity index (χ1n) is 28.7. The normalized spacial score (nSPS) is 31.5. The fourth-order valence-corrected chi connectivity index (χ4v) is 9.63. The predicted octanol–water partition coefficient (Wildman–Crippen LogP) is 4.15. The van der Waals surface area contributed by atoms with Gasteiger partial charge in [0.05, 0.1) is 38.6 Å². The second kappa shape index (κ2) is 40.2. The van der Waals surface area contributed by atoms with Gasteiger partial charge in [-0.25, -0.2) is 0 Å². The molecule has 438 valence electrons. The summed E-state index contributed by atoms with van der Waals surface area (Å²) in [6.45, 7) is 1.48. The van der Waals surface area contributed by atoms with Gasteiger partial charge in [0, 0.05) is 6.42 Å². The minimum Gasteiger partial charge on any atom is -0.394 e. The quantitative estimate of drug-likeness (QED) is 0.0302. The summed E-state index contributed by atoms with van der Waals surface area (Å²) in [4.78, 5) is 12.9. The number of ether oxygens (including phenoxy) is 6. The molecule has 0 aromatic rings. The van der Waals surface area contributed by atoms with Crippen LogP contribution < -0.4 is 5.32 Å². The zero-order valence-electron chi connectivity index (χ0n) is 45.3. The maximum absolute atomic E-state index is 12.9. The molecule has 19 heteroatoms. The van der Waals surface area contributed by atoms with E-state index in [0.717, 1.165) is 38.5 Å². The van der Waals surface area contributed by atoms with Crippen LogP contribution in [0.3, 0.4) is 0 Å². The van der Waals surface area contributed by atoms with E-state index in [4.69, 9.17) is 28.4 Å². The van der Waals surface area contributed by atoms with E-state index in [-0.39, 0.29) is 18.9 Å². The molecule has 17 unspecified atom stereocenters. The van der Waals surface area contributed by atoms with Gasteiger partial charge in [-0.2, -0.15) is 0 Å². The highest BCUT2D eigenvalue weighted by Crippen LogP contribution is 2.33. The SMILES string of the molecule is CCCCCCCCCCCCCCCCCCC/C=C/CC/C=C/CC/C=C/C(O)C(COC1OC(CO)C(OC2OC(CO)C(OC3OC(CO)C(O)C(O)C3O)C(O)C2O)C(O)C1O)NC(=O)CCCCC. The van der Waals surface area contributed by atoms with Crippen LogP contribution >= 0.6 is 0 Å². The molecule has 0 radical (unpaired) electrons. The van der Waals surface area contributed by atoms with E-state index in [2.05, 4.69) is 36.5 Å². The molecule has 3 aliphatic rings. The average Bonchev–Trinajstić information content (AvgIpc) is 3.40. The van der Waals surface area contributed by atoms with Crippen LogP contribution in [0, 0.1) is 0 Å². The van der Waals surface area contributed by atoms with Gasteiger partial charge < -0.3 is 89.9 Å². The Bertz CT molecular complexity index is 1520. The molecular weight excluding hydrogens is 975 g/mol. The lowest BCUT2D eigenvalue weighted by molar-refractivity contribution is -0.379. The van der Waals surface area contributed by atoms with Crippen molar-refractivity contribution in [1.29, 1.82) is 0 Å². The molecule has 19 nitrogen and oxygen atoms in total. The standard InChI is InChI=1S/C56H101NO18/c1-3-5-7-8-9-10-11-12-13-14-15-16-17-18-19-20-21-22-23-24-25-26-27-28-29-30-32-33-40(61)39(57-44(62)34-31-6-4-2)38-70-54-50(68)47(65)52(42(36-59)72-54)75-56-51(69)48(66)53(43(37-60)73-56)74-55-49(67)46(64)45(63)41(35-58)71-55/h23-24,27-28,32-33,39-43,45-56,58-61,63-69H,3-22,25-26,29-31,34-38H2,1-2H3,(H,57,62)/b24-23+,28-27+,33-32+. The van der Waals surface area contributed by atoms with E-state index in [1.165, 1.54) is 109 Å². The molecule has 1 amide bonds. The van der Waals surface area contributed by atoms with Crippen molar-refractivity contribution in [3.05, 3.63) is 36.5 Å². The summed E-state index contributed by atoms with van der Waals surface area (Å²) < 4.78 is 33.9. The molecule has 0 bridgehead atoms. The van der Waals surface area contributed by atoms with Gasteiger partial charge in [-0.3, -0.25) is 4.79 Å². The van der Waals surface area contributed by atoms with E-state index < -0.39 is 124 Å². The van der Waals surface area contributed by atoms with E-state index in [1.807, 2.05) is 13.0 Å².